The lowest BCUT2D eigenvalue weighted by atomic mass is 10.1. The van der Waals surface area contributed by atoms with Crippen LogP contribution < -0.4 is 0 Å². The summed E-state index contributed by atoms with van der Waals surface area (Å²) in [5.74, 6) is -0.232. The van der Waals surface area contributed by atoms with E-state index in [0.29, 0.717) is 12.5 Å². The van der Waals surface area contributed by atoms with E-state index in [4.69, 9.17) is 0 Å². The van der Waals surface area contributed by atoms with Crippen molar-refractivity contribution in [1.82, 2.24) is 4.90 Å². The van der Waals surface area contributed by atoms with Crippen molar-refractivity contribution < 1.29 is 8.78 Å². The largest absolute Gasteiger partial charge is 0.299 e. The maximum atomic E-state index is 13.3. The van der Waals surface area contributed by atoms with Gasteiger partial charge in [-0.15, -0.1) is 0 Å². The van der Waals surface area contributed by atoms with Crippen LogP contribution in [0.1, 0.15) is 18.9 Å². The zero-order chi connectivity index (χ0) is 10.8. The summed E-state index contributed by atoms with van der Waals surface area (Å²) in [4.78, 5) is 2.10. The van der Waals surface area contributed by atoms with Gasteiger partial charge in [0.1, 0.15) is 11.6 Å². The summed E-state index contributed by atoms with van der Waals surface area (Å²) >= 11 is 0. The smallest absolute Gasteiger partial charge is 0.130 e. The molecule has 1 aromatic carbocycles. The van der Waals surface area contributed by atoms with E-state index in [2.05, 4.69) is 11.8 Å². The molecule has 1 aliphatic heterocycles. The molecule has 1 nitrogen and oxygen atoms in total. The highest BCUT2D eigenvalue weighted by molar-refractivity contribution is 5.19. The predicted octanol–water partition coefficient (Wildman–Crippen LogP) is 2.81. The first kappa shape index (κ1) is 10.6. The lowest BCUT2D eigenvalue weighted by molar-refractivity contribution is 0.308. The lowest BCUT2D eigenvalue weighted by Crippen LogP contribution is -2.21. The third-order valence-corrected chi connectivity index (χ3v) is 2.95. The first-order valence-electron chi connectivity index (χ1n) is 5.32. The molecule has 82 valence electrons. The van der Waals surface area contributed by atoms with E-state index in [1.54, 1.807) is 0 Å². The van der Waals surface area contributed by atoms with Gasteiger partial charge in [-0.2, -0.15) is 0 Å². The Labute approximate surface area is 88.7 Å². The Balaban J connectivity index is 2.10. The minimum Gasteiger partial charge on any atom is -0.299 e. The second-order valence-electron chi connectivity index (χ2n) is 4.33. The van der Waals surface area contributed by atoms with Crippen LogP contribution in [0.2, 0.25) is 0 Å². The van der Waals surface area contributed by atoms with Crippen LogP contribution in [0.4, 0.5) is 8.78 Å². The highest BCUT2D eigenvalue weighted by atomic mass is 19.1. The topological polar surface area (TPSA) is 3.24 Å². The van der Waals surface area contributed by atoms with Gasteiger partial charge in [0.2, 0.25) is 0 Å². The van der Waals surface area contributed by atoms with E-state index in [-0.39, 0.29) is 5.56 Å². The standard InChI is InChI=1S/C12H15F2N/c1-9-5-6-15(7-9)8-10-11(13)3-2-4-12(10)14/h2-4,9H,5-8H2,1H3. The van der Waals surface area contributed by atoms with Gasteiger partial charge in [-0.1, -0.05) is 13.0 Å². The van der Waals surface area contributed by atoms with Crippen molar-refractivity contribution in [2.24, 2.45) is 5.92 Å². The van der Waals surface area contributed by atoms with Crippen LogP contribution in [0, 0.1) is 17.6 Å². The molecule has 1 atom stereocenters. The quantitative estimate of drug-likeness (QED) is 0.727. The summed E-state index contributed by atoms with van der Waals surface area (Å²) in [6.07, 6.45) is 1.12. The Morgan fingerprint density at radius 3 is 2.53 bits per heavy atom. The number of hydrogen-bond acceptors (Lipinski definition) is 1. The Hall–Kier alpha value is -0.960. The molecule has 1 fully saturated rings. The highest BCUT2D eigenvalue weighted by Crippen LogP contribution is 2.20. The van der Waals surface area contributed by atoms with Crippen molar-refractivity contribution in [2.45, 2.75) is 19.9 Å². The van der Waals surface area contributed by atoms with Crippen LogP contribution in [-0.2, 0) is 6.54 Å². The maximum Gasteiger partial charge on any atom is 0.130 e. The van der Waals surface area contributed by atoms with Crippen LogP contribution in [0.15, 0.2) is 18.2 Å². The number of benzene rings is 1. The van der Waals surface area contributed by atoms with Crippen molar-refractivity contribution >= 4 is 0 Å². The summed E-state index contributed by atoms with van der Waals surface area (Å²) in [7, 11) is 0. The van der Waals surface area contributed by atoms with E-state index in [1.807, 2.05) is 0 Å². The molecular weight excluding hydrogens is 196 g/mol. The average Bonchev–Trinajstić information content (AvgIpc) is 2.58. The molecule has 1 heterocycles. The molecule has 1 unspecified atom stereocenters. The molecule has 2 rings (SSSR count). The number of nitrogens with zero attached hydrogens (tertiary/aromatic N) is 1. The number of likely N-dealkylation sites (tertiary alicyclic amines) is 1. The summed E-state index contributed by atoms with van der Waals surface area (Å²) in [6, 6.07) is 4.04. The Morgan fingerprint density at radius 2 is 2.00 bits per heavy atom. The maximum absolute atomic E-state index is 13.3. The highest BCUT2D eigenvalue weighted by Gasteiger charge is 2.20. The molecule has 1 saturated heterocycles. The van der Waals surface area contributed by atoms with E-state index >= 15 is 0 Å². The fourth-order valence-corrected chi connectivity index (χ4v) is 2.08. The van der Waals surface area contributed by atoms with Crippen molar-refractivity contribution in [3.63, 3.8) is 0 Å². The minimum absolute atomic E-state index is 0.201. The van der Waals surface area contributed by atoms with Crippen molar-refractivity contribution in [3.8, 4) is 0 Å². The fourth-order valence-electron chi connectivity index (χ4n) is 2.08. The van der Waals surface area contributed by atoms with Crippen molar-refractivity contribution in [2.75, 3.05) is 13.1 Å². The summed E-state index contributed by atoms with van der Waals surface area (Å²) in [6.45, 7) is 4.43. The second-order valence-corrected chi connectivity index (χ2v) is 4.33. The second kappa shape index (κ2) is 4.27. The van der Waals surface area contributed by atoms with Crippen LogP contribution in [0.5, 0.6) is 0 Å². The fraction of sp³-hybridized carbons (Fsp3) is 0.500. The number of halogens is 2. The molecule has 0 N–H and O–H groups in total. The molecule has 0 spiro atoms. The minimum atomic E-state index is -0.436. The van der Waals surface area contributed by atoms with Gasteiger partial charge in [0, 0.05) is 18.7 Å². The van der Waals surface area contributed by atoms with E-state index in [9.17, 15) is 8.78 Å². The van der Waals surface area contributed by atoms with Gasteiger partial charge >= 0.3 is 0 Å². The Morgan fingerprint density at radius 1 is 1.33 bits per heavy atom. The van der Waals surface area contributed by atoms with Gasteiger partial charge < -0.3 is 0 Å². The van der Waals surface area contributed by atoms with Crippen molar-refractivity contribution in [3.05, 3.63) is 35.4 Å². The monoisotopic (exact) mass is 211 g/mol. The van der Waals surface area contributed by atoms with Gasteiger partial charge in [-0.25, -0.2) is 8.78 Å². The van der Waals surface area contributed by atoms with Gasteiger partial charge in [-0.05, 0) is 31.0 Å². The summed E-state index contributed by atoms with van der Waals surface area (Å²) in [5, 5.41) is 0. The molecule has 0 aliphatic carbocycles. The summed E-state index contributed by atoms with van der Waals surface area (Å²) < 4.78 is 26.7. The van der Waals surface area contributed by atoms with Gasteiger partial charge in [-0.3, -0.25) is 4.90 Å². The van der Waals surface area contributed by atoms with Gasteiger partial charge in [0.25, 0.3) is 0 Å². The SMILES string of the molecule is CC1CCN(Cc2c(F)cccc2F)C1. The number of hydrogen-bond donors (Lipinski definition) is 0. The van der Waals surface area contributed by atoms with Gasteiger partial charge in [0.15, 0.2) is 0 Å². The van der Waals surface area contributed by atoms with E-state index in [1.165, 1.54) is 18.2 Å². The molecule has 1 aromatic rings. The van der Waals surface area contributed by atoms with Crippen LogP contribution in [0.3, 0.4) is 0 Å². The normalized spacial score (nSPS) is 22.2. The Kier molecular flexibility index (Phi) is 3.00. The van der Waals surface area contributed by atoms with Crippen molar-refractivity contribution in [1.29, 1.82) is 0 Å². The van der Waals surface area contributed by atoms with E-state index in [0.717, 1.165) is 19.5 Å². The first-order chi connectivity index (χ1) is 7.16. The van der Waals surface area contributed by atoms with Crippen LogP contribution >= 0.6 is 0 Å². The van der Waals surface area contributed by atoms with Gasteiger partial charge in [0.05, 0.1) is 0 Å². The molecular formula is C12H15F2N. The van der Waals surface area contributed by atoms with Crippen LogP contribution in [-0.4, -0.2) is 18.0 Å². The molecule has 0 amide bonds. The average molecular weight is 211 g/mol. The molecule has 15 heavy (non-hydrogen) atoms. The molecule has 3 heteroatoms. The molecule has 0 radical (unpaired) electrons. The Bertz CT molecular complexity index is 331. The lowest BCUT2D eigenvalue weighted by Gasteiger charge is -2.16. The third kappa shape index (κ3) is 2.34. The first-order valence-corrected chi connectivity index (χ1v) is 5.32. The molecule has 0 saturated carbocycles. The number of rotatable bonds is 2. The molecule has 0 aromatic heterocycles. The van der Waals surface area contributed by atoms with E-state index < -0.39 is 11.6 Å². The predicted molar refractivity (Wildman–Crippen MR) is 55.4 cm³/mol. The molecule has 1 aliphatic rings. The van der Waals surface area contributed by atoms with Crippen LogP contribution in [0.25, 0.3) is 0 Å². The zero-order valence-corrected chi connectivity index (χ0v) is 8.84. The zero-order valence-electron chi connectivity index (χ0n) is 8.84. The molecule has 0 bridgehead atoms. The summed E-state index contributed by atoms with van der Waals surface area (Å²) in [5.41, 5.74) is 0.201. The third-order valence-electron chi connectivity index (χ3n) is 2.95.